The molecule has 1 fully saturated rings. The molecule has 4 nitrogen and oxygen atoms in total. The largest absolute Gasteiger partial charge is 0.370 e. The molecule has 1 aromatic heterocycles. The van der Waals surface area contributed by atoms with Gasteiger partial charge in [-0.05, 0) is 26.2 Å². The maximum atomic E-state index is 6.10. The molecule has 1 aliphatic rings. The lowest BCUT2D eigenvalue weighted by Crippen LogP contribution is -2.38. The molecule has 2 N–H and O–H groups in total. The van der Waals surface area contributed by atoms with E-state index in [-0.39, 0.29) is 24.0 Å². The minimum absolute atomic E-state index is 0. The highest BCUT2D eigenvalue weighted by Crippen LogP contribution is 2.18. The summed E-state index contributed by atoms with van der Waals surface area (Å²) >= 11 is 1.79. The first-order chi connectivity index (χ1) is 9.70. The second-order valence-electron chi connectivity index (χ2n) is 5.36. The Bertz CT molecular complexity index is 451. The van der Waals surface area contributed by atoms with E-state index in [0.717, 1.165) is 38.4 Å². The molecule has 2 heterocycles. The Morgan fingerprint density at radius 2 is 1.95 bits per heavy atom. The van der Waals surface area contributed by atoms with Crippen molar-refractivity contribution in [2.45, 2.75) is 52.4 Å². The molecule has 0 radical (unpaired) electrons. The summed E-state index contributed by atoms with van der Waals surface area (Å²) in [6.07, 6.45) is 7.04. The fraction of sp³-hybridized carbons (Fsp3) is 0.733. The van der Waals surface area contributed by atoms with Crippen molar-refractivity contribution in [1.29, 1.82) is 0 Å². The SMILES string of the molecule is CCc1nc(CCN=C(N)N2CCCCCC2)sc1C.I. The average Bonchev–Trinajstić information content (AvgIpc) is 2.66. The van der Waals surface area contributed by atoms with Gasteiger partial charge in [-0.15, -0.1) is 35.3 Å². The van der Waals surface area contributed by atoms with Crippen LogP contribution in [0.1, 0.15) is 48.2 Å². The number of guanidine groups is 1. The topological polar surface area (TPSA) is 54.5 Å². The maximum absolute atomic E-state index is 6.10. The van der Waals surface area contributed by atoms with Crippen molar-refractivity contribution in [3.63, 3.8) is 0 Å². The number of thiazole rings is 1. The van der Waals surface area contributed by atoms with Crippen LogP contribution < -0.4 is 5.73 Å². The van der Waals surface area contributed by atoms with Gasteiger partial charge in [0.05, 0.1) is 10.7 Å². The molecule has 0 spiro atoms. The highest BCUT2D eigenvalue weighted by Gasteiger charge is 2.11. The summed E-state index contributed by atoms with van der Waals surface area (Å²) in [7, 11) is 0. The number of hydrogen-bond donors (Lipinski definition) is 1. The summed E-state index contributed by atoms with van der Waals surface area (Å²) in [6.45, 7) is 7.17. The second-order valence-corrected chi connectivity index (χ2v) is 6.64. The van der Waals surface area contributed by atoms with Gasteiger partial charge in [-0.2, -0.15) is 0 Å². The van der Waals surface area contributed by atoms with Crippen molar-refractivity contribution in [2.24, 2.45) is 10.7 Å². The van der Waals surface area contributed by atoms with Crippen LogP contribution in [0.4, 0.5) is 0 Å². The molecule has 6 heteroatoms. The summed E-state index contributed by atoms with van der Waals surface area (Å²) in [4.78, 5) is 12.8. The number of aryl methyl sites for hydroxylation is 2. The highest BCUT2D eigenvalue weighted by atomic mass is 127. The third kappa shape index (κ3) is 5.73. The van der Waals surface area contributed by atoms with E-state index in [1.165, 1.54) is 41.3 Å². The Kier molecular flexibility index (Phi) is 8.55. The third-order valence-electron chi connectivity index (χ3n) is 3.80. The van der Waals surface area contributed by atoms with Gasteiger partial charge < -0.3 is 10.6 Å². The lowest BCUT2D eigenvalue weighted by atomic mass is 10.2. The fourth-order valence-corrected chi connectivity index (χ4v) is 3.60. The molecule has 0 aliphatic carbocycles. The predicted molar refractivity (Wildman–Crippen MR) is 102 cm³/mol. The molecule has 120 valence electrons. The van der Waals surface area contributed by atoms with Crippen LogP contribution in [-0.2, 0) is 12.8 Å². The number of nitrogens with two attached hydrogens (primary N) is 1. The summed E-state index contributed by atoms with van der Waals surface area (Å²) in [6, 6.07) is 0. The molecule has 0 unspecified atom stereocenters. The first-order valence-corrected chi connectivity index (χ1v) is 8.52. The molecule has 2 rings (SSSR count). The van der Waals surface area contributed by atoms with E-state index >= 15 is 0 Å². The van der Waals surface area contributed by atoms with Gasteiger partial charge in [0, 0.05) is 30.9 Å². The smallest absolute Gasteiger partial charge is 0.191 e. The van der Waals surface area contributed by atoms with E-state index in [0.29, 0.717) is 0 Å². The monoisotopic (exact) mass is 422 g/mol. The van der Waals surface area contributed by atoms with Gasteiger partial charge >= 0.3 is 0 Å². The predicted octanol–water partition coefficient (Wildman–Crippen LogP) is 3.37. The molecular formula is C15H27IN4S. The van der Waals surface area contributed by atoms with E-state index in [9.17, 15) is 0 Å². The highest BCUT2D eigenvalue weighted by molar-refractivity contribution is 14.0. The second kappa shape index (κ2) is 9.61. The van der Waals surface area contributed by atoms with Crippen molar-refractivity contribution in [2.75, 3.05) is 19.6 Å². The zero-order valence-corrected chi connectivity index (χ0v) is 16.2. The lowest BCUT2D eigenvalue weighted by Gasteiger charge is -2.20. The van der Waals surface area contributed by atoms with Crippen molar-refractivity contribution in [3.8, 4) is 0 Å². The number of nitrogens with zero attached hydrogens (tertiary/aromatic N) is 3. The first kappa shape index (κ1) is 18.7. The Labute approximate surface area is 149 Å². The Morgan fingerprint density at radius 1 is 1.29 bits per heavy atom. The Morgan fingerprint density at radius 3 is 2.52 bits per heavy atom. The molecule has 0 amide bonds. The number of halogens is 1. The summed E-state index contributed by atoms with van der Waals surface area (Å²) < 4.78 is 0. The number of aromatic nitrogens is 1. The van der Waals surface area contributed by atoms with Crippen LogP contribution >= 0.6 is 35.3 Å². The van der Waals surface area contributed by atoms with Crippen molar-refractivity contribution in [1.82, 2.24) is 9.88 Å². The molecule has 0 bridgehead atoms. The van der Waals surface area contributed by atoms with Crippen LogP contribution in [0.3, 0.4) is 0 Å². The fourth-order valence-electron chi connectivity index (χ4n) is 2.59. The van der Waals surface area contributed by atoms with Crippen LogP contribution in [0, 0.1) is 6.92 Å². The lowest BCUT2D eigenvalue weighted by molar-refractivity contribution is 0.428. The van der Waals surface area contributed by atoms with Crippen LogP contribution in [0.25, 0.3) is 0 Å². The summed E-state index contributed by atoms with van der Waals surface area (Å²) in [5.74, 6) is 0.718. The van der Waals surface area contributed by atoms with Gasteiger partial charge in [-0.1, -0.05) is 19.8 Å². The Balaban J connectivity index is 0.00000220. The van der Waals surface area contributed by atoms with E-state index in [4.69, 9.17) is 5.73 Å². The van der Waals surface area contributed by atoms with Crippen LogP contribution in [-0.4, -0.2) is 35.5 Å². The van der Waals surface area contributed by atoms with E-state index in [1.807, 2.05) is 0 Å². The van der Waals surface area contributed by atoms with Crippen molar-refractivity contribution in [3.05, 3.63) is 15.6 Å². The zero-order chi connectivity index (χ0) is 14.4. The van der Waals surface area contributed by atoms with Gasteiger partial charge in [0.1, 0.15) is 0 Å². The van der Waals surface area contributed by atoms with Gasteiger partial charge in [-0.25, -0.2) is 4.98 Å². The number of hydrogen-bond acceptors (Lipinski definition) is 3. The van der Waals surface area contributed by atoms with Gasteiger partial charge in [-0.3, -0.25) is 4.99 Å². The quantitative estimate of drug-likeness (QED) is 0.460. The van der Waals surface area contributed by atoms with Crippen LogP contribution in [0.15, 0.2) is 4.99 Å². The zero-order valence-electron chi connectivity index (χ0n) is 13.1. The van der Waals surface area contributed by atoms with E-state index in [2.05, 4.69) is 28.7 Å². The molecule has 0 aromatic carbocycles. The minimum atomic E-state index is 0. The molecule has 1 aromatic rings. The Hall–Kier alpha value is -0.370. The third-order valence-corrected chi connectivity index (χ3v) is 4.87. The van der Waals surface area contributed by atoms with Gasteiger partial charge in [0.2, 0.25) is 0 Å². The molecule has 21 heavy (non-hydrogen) atoms. The molecule has 0 saturated carbocycles. The average molecular weight is 422 g/mol. The standard InChI is InChI=1S/C15H26N4S.HI/c1-3-13-12(2)20-14(18-13)8-9-17-15(16)19-10-6-4-5-7-11-19;/h3-11H2,1-2H3,(H2,16,17);1H. The summed E-state index contributed by atoms with van der Waals surface area (Å²) in [5.41, 5.74) is 7.33. The van der Waals surface area contributed by atoms with Crippen molar-refractivity contribution < 1.29 is 0 Å². The van der Waals surface area contributed by atoms with Gasteiger partial charge in [0.25, 0.3) is 0 Å². The normalized spacial score (nSPS) is 16.5. The molecule has 1 aliphatic heterocycles. The van der Waals surface area contributed by atoms with E-state index < -0.39 is 0 Å². The van der Waals surface area contributed by atoms with Crippen LogP contribution in [0.2, 0.25) is 0 Å². The summed E-state index contributed by atoms with van der Waals surface area (Å²) in [5, 5.41) is 1.19. The number of rotatable bonds is 4. The number of likely N-dealkylation sites (tertiary alicyclic amines) is 1. The maximum Gasteiger partial charge on any atom is 0.191 e. The molecule has 1 saturated heterocycles. The number of aliphatic imine (C=N–C) groups is 1. The minimum Gasteiger partial charge on any atom is -0.370 e. The first-order valence-electron chi connectivity index (χ1n) is 7.70. The molecule has 0 atom stereocenters. The van der Waals surface area contributed by atoms with Crippen molar-refractivity contribution >= 4 is 41.3 Å². The van der Waals surface area contributed by atoms with Gasteiger partial charge in [0.15, 0.2) is 5.96 Å². The van der Waals surface area contributed by atoms with Crippen LogP contribution in [0.5, 0.6) is 0 Å². The van der Waals surface area contributed by atoms with E-state index in [1.54, 1.807) is 11.3 Å². The molecular weight excluding hydrogens is 395 g/mol.